The zero-order chi connectivity index (χ0) is 19.7. The highest BCUT2D eigenvalue weighted by Gasteiger charge is 2.57. The molecule has 2 amide bonds. The Bertz CT molecular complexity index is 865. The summed E-state index contributed by atoms with van der Waals surface area (Å²) >= 11 is 0. The van der Waals surface area contributed by atoms with E-state index in [1.165, 1.54) is 34.5 Å². The highest BCUT2D eigenvalue weighted by Crippen LogP contribution is 2.57. The third kappa shape index (κ3) is 2.42. The fourth-order valence-electron chi connectivity index (χ4n) is 6.26. The Morgan fingerprint density at radius 3 is 2.57 bits per heavy atom. The Kier molecular flexibility index (Phi) is 3.95. The van der Waals surface area contributed by atoms with Crippen LogP contribution in [0.3, 0.4) is 0 Å². The molecule has 4 heteroatoms. The monoisotopic (exact) mass is 379 g/mol. The lowest BCUT2D eigenvalue weighted by Gasteiger charge is -2.61. The molecule has 1 aromatic carbocycles. The average molecular weight is 380 g/mol. The summed E-state index contributed by atoms with van der Waals surface area (Å²) in [5.41, 5.74) is 6.83. The lowest BCUT2D eigenvalue weighted by molar-refractivity contribution is -0.0242. The van der Waals surface area contributed by atoms with E-state index in [0.29, 0.717) is 0 Å². The van der Waals surface area contributed by atoms with E-state index in [2.05, 4.69) is 49.6 Å². The number of hydrogen-bond donors (Lipinski definition) is 0. The summed E-state index contributed by atoms with van der Waals surface area (Å²) in [7, 11) is 0. The number of amides is 2. The number of likely N-dealkylation sites (tertiary alicyclic amines) is 2. The van der Waals surface area contributed by atoms with Gasteiger partial charge in [-0.3, -0.25) is 4.99 Å². The summed E-state index contributed by atoms with van der Waals surface area (Å²) in [4.78, 5) is 22.6. The molecule has 0 saturated carbocycles. The molecule has 4 nitrogen and oxygen atoms in total. The van der Waals surface area contributed by atoms with Gasteiger partial charge in [0.15, 0.2) is 0 Å². The van der Waals surface area contributed by atoms with Crippen molar-refractivity contribution in [2.24, 2.45) is 10.4 Å². The highest BCUT2D eigenvalue weighted by molar-refractivity contribution is 5.92. The second kappa shape index (κ2) is 6.08. The first kappa shape index (κ1) is 18.2. The lowest BCUT2D eigenvalue weighted by Crippen LogP contribution is -2.66. The Balaban J connectivity index is 1.54. The molecule has 1 aromatic rings. The van der Waals surface area contributed by atoms with Gasteiger partial charge in [0.25, 0.3) is 0 Å². The quantitative estimate of drug-likeness (QED) is 0.634. The van der Waals surface area contributed by atoms with E-state index in [4.69, 9.17) is 4.99 Å². The van der Waals surface area contributed by atoms with Crippen LogP contribution in [0.1, 0.15) is 70.1 Å². The van der Waals surface area contributed by atoms with Crippen LogP contribution in [-0.4, -0.2) is 47.2 Å². The first-order chi connectivity index (χ1) is 13.3. The number of fused-ring (bicyclic) bond motifs is 5. The minimum Gasteiger partial charge on any atom is -0.325 e. The molecule has 0 unspecified atom stereocenters. The molecule has 3 aliphatic heterocycles. The van der Waals surface area contributed by atoms with Gasteiger partial charge in [0, 0.05) is 43.2 Å². The first-order valence-corrected chi connectivity index (χ1v) is 11.1. The van der Waals surface area contributed by atoms with Gasteiger partial charge >= 0.3 is 6.03 Å². The smallest absolute Gasteiger partial charge is 0.320 e. The highest BCUT2D eigenvalue weighted by atomic mass is 16.2. The minimum atomic E-state index is 0.0509. The summed E-state index contributed by atoms with van der Waals surface area (Å²) in [6.45, 7) is 12.1. The van der Waals surface area contributed by atoms with Crippen molar-refractivity contribution in [1.29, 1.82) is 0 Å². The second-order valence-electron chi connectivity index (χ2n) is 10.2. The normalized spacial score (nSPS) is 30.6. The van der Waals surface area contributed by atoms with Crippen molar-refractivity contribution in [1.82, 2.24) is 9.80 Å². The van der Waals surface area contributed by atoms with E-state index in [9.17, 15) is 4.79 Å². The van der Waals surface area contributed by atoms with E-state index in [0.717, 1.165) is 51.7 Å². The largest absolute Gasteiger partial charge is 0.325 e. The van der Waals surface area contributed by atoms with Crippen molar-refractivity contribution < 1.29 is 4.79 Å². The van der Waals surface area contributed by atoms with Gasteiger partial charge in [0.1, 0.15) is 0 Å². The van der Waals surface area contributed by atoms with E-state index in [-0.39, 0.29) is 22.9 Å². The van der Waals surface area contributed by atoms with Gasteiger partial charge in [-0.15, -0.1) is 0 Å². The van der Waals surface area contributed by atoms with Crippen molar-refractivity contribution in [3.8, 4) is 0 Å². The summed E-state index contributed by atoms with van der Waals surface area (Å²) < 4.78 is 0. The van der Waals surface area contributed by atoms with Gasteiger partial charge in [-0.1, -0.05) is 26.8 Å². The van der Waals surface area contributed by atoms with E-state index >= 15 is 0 Å². The predicted molar refractivity (Wildman–Crippen MR) is 114 cm³/mol. The Morgan fingerprint density at radius 2 is 1.82 bits per heavy atom. The van der Waals surface area contributed by atoms with Crippen LogP contribution in [0.2, 0.25) is 0 Å². The van der Waals surface area contributed by atoms with Gasteiger partial charge < -0.3 is 9.80 Å². The number of urea groups is 1. The molecule has 2 atom stereocenters. The summed E-state index contributed by atoms with van der Waals surface area (Å²) in [6.07, 6.45) is 6.55. The fraction of sp³-hybridized carbons (Fsp3) is 0.667. The molecular formula is C24H33N3O. The number of aliphatic imine (C=N–C) groups is 1. The SMILES string of the molecule is CC1=Nc2cc3c(cc2C1)C[C@H]1N(C(=O)N2CCCCC2)CC[C@]3(C)C1(C)C. The maximum Gasteiger partial charge on any atom is 0.320 e. The van der Waals surface area contributed by atoms with E-state index in [1.807, 2.05) is 0 Å². The van der Waals surface area contributed by atoms with E-state index < -0.39 is 0 Å². The number of benzene rings is 1. The first-order valence-electron chi connectivity index (χ1n) is 11.1. The number of carbonyl (C=O) groups excluding carboxylic acids is 1. The van der Waals surface area contributed by atoms with Gasteiger partial charge in [-0.2, -0.15) is 0 Å². The number of nitrogens with zero attached hydrogens (tertiary/aromatic N) is 3. The molecular weight excluding hydrogens is 346 g/mol. The van der Waals surface area contributed by atoms with Gasteiger partial charge in [0.2, 0.25) is 0 Å². The third-order valence-electron chi connectivity index (χ3n) is 8.43. The van der Waals surface area contributed by atoms with Crippen molar-refractivity contribution in [3.05, 3.63) is 28.8 Å². The number of piperidine rings is 2. The van der Waals surface area contributed by atoms with Crippen molar-refractivity contribution in [3.63, 3.8) is 0 Å². The maximum absolute atomic E-state index is 13.4. The number of rotatable bonds is 0. The van der Waals surface area contributed by atoms with Gasteiger partial charge in [-0.05, 0) is 67.2 Å². The fourth-order valence-corrected chi connectivity index (χ4v) is 6.26. The molecule has 5 rings (SSSR count). The van der Waals surface area contributed by atoms with Crippen LogP contribution in [0.5, 0.6) is 0 Å². The summed E-state index contributed by atoms with van der Waals surface area (Å²) in [5, 5.41) is 0. The van der Waals surface area contributed by atoms with Crippen LogP contribution in [0.15, 0.2) is 17.1 Å². The maximum atomic E-state index is 13.4. The molecule has 150 valence electrons. The molecule has 2 saturated heterocycles. The van der Waals surface area contributed by atoms with Crippen molar-refractivity contribution >= 4 is 17.4 Å². The molecule has 2 fully saturated rings. The zero-order valence-electron chi connectivity index (χ0n) is 17.8. The van der Waals surface area contributed by atoms with Crippen LogP contribution < -0.4 is 0 Å². The Hall–Kier alpha value is -1.84. The molecule has 0 radical (unpaired) electrons. The molecule has 28 heavy (non-hydrogen) atoms. The summed E-state index contributed by atoms with van der Waals surface area (Å²) in [6, 6.07) is 5.33. The van der Waals surface area contributed by atoms with Crippen LogP contribution in [-0.2, 0) is 18.3 Å². The lowest BCUT2D eigenvalue weighted by atomic mass is 9.51. The standard InChI is InChI=1S/C24H33N3O/c1-16-12-18-13-17-14-21-23(2,3)24(4,19(17)15-20(18)25-16)8-11-27(21)22(28)26-9-6-5-7-10-26/h13,15,21H,5-12,14H2,1-4H3/t21-,24+/m1/s1. The van der Waals surface area contributed by atoms with E-state index in [1.54, 1.807) is 0 Å². The molecule has 4 aliphatic rings. The van der Waals surface area contributed by atoms with Gasteiger partial charge in [0.05, 0.1) is 5.69 Å². The Morgan fingerprint density at radius 1 is 1.07 bits per heavy atom. The summed E-state index contributed by atoms with van der Waals surface area (Å²) in [5.74, 6) is 0. The molecule has 0 aromatic heterocycles. The molecule has 3 heterocycles. The van der Waals surface area contributed by atoms with Crippen LogP contribution in [0, 0.1) is 5.41 Å². The molecule has 0 spiro atoms. The minimum absolute atomic E-state index is 0.0509. The number of hydrogen-bond acceptors (Lipinski definition) is 2. The predicted octanol–water partition coefficient (Wildman–Crippen LogP) is 4.86. The van der Waals surface area contributed by atoms with Crippen molar-refractivity contribution in [2.75, 3.05) is 19.6 Å². The molecule has 2 bridgehead atoms. The third-order valence-corrected chi connectivity index (χ3v) is 8.43. The van der Waals surface area contributed by atoms with Crippen LogP contribution in [0.4, 0.5) is 10.5 Å². The van der Waals surface area contributed by atoms with Crippen molar-refractivity contribution in [2.45, 2.75) is 77.7 Å². The van der Waals surface area contributed by atoms with Gasteiger partial charge in [-0.25, -0.2) is 4.79 Å². The number of carbonyl (C=O) groups is 1. The second-order valence-corrected chi connectivity index (χ2v) is 10.2. The molecule has 0 N–H and O–H groups in total. The van der Waals surface area contributed by atoms with Crippen LogP contribution in [0.25, 0.3) is 0 Å². The average Bonchev–Trinajstić information content (AvgIpc) is 3.03. The van der Waals surface area contributed by atoms with Crippen LogP contribution >= 0.6 is 0 Å². The molecule has 1 aliphatic carbocycles. The topological polar surface area (TPSA) is 35.9 Å². The zero-order valence-corrected chi connectivity index (χ0v) is 17.8. The Labute approximate surface area is 169 Å².